The fourth-order valence-electron chi connectivity index (χ4n) is 4.10. The summed E-state index contributed by atoms with van der Waals surface area (Å²) < 4.78 is 0. The molecule has 0 aliphatic carbocycles. The van der Waals surface area contributed by atoms with Crippen LogP contribution >= 0.6 is 0 Å². The lowest BCUT2D eigenvalue weighted by atomic mass is 9.95. The van der Waals surface area contributed by atoms with Gasteiger partial charge in [-0.1, -0.05) is 18.9 Å². The minimum Gasteiger partial charge on any atom is -0.507 e. The maximum absolute atomic E-state index is 10.6. The van der Waals surface area contributed by atoms with E-state index >= 15 is 0 Å². The Kier molecular flexibility index (Phi) is 5.60. The minimum atomic E-state index is 0.524. The molecular weight excluding hydrogens is 284 g/mol. The van der Waals surface area contributed by atoms with E-state index < -0.39 is 0 Å². The number of piperidine rings is 2. The molecule has 128 valence electrons. The van der Waals surface area contributed by atoms with Crippen molar-refractivity contribution in [1.82, 2.24) is 9.80 Å². The number of nitrogens with zero attached hydrogens (tertiary/aromatic N) is 2. The lowest BCUT2D eigenvalue weighted by molar-refractivity contribution is 0.215. The molecule has 1 N–H and O–H groups in total. The molecule has 0 unspecified atom stereocenters. The molecule has 2 heterocycles. The first-order valence-corrected chi connectivity index (χ1v) is 9.41. The van der Waals surface area contributed by atoms with Crippen molar-refractivity contribution < 1.29 is 5.11 Å². The molecule has 3 heteroatoms. The van der Waals surface area contributed by atoms with Crippen molar-refractivity contribution in [2.24, 2.45) is 0 Å². The number of aromatic hydroxyl groups is 1. The largest absolute Gasteiger partial charge is 0.507 e. The molecular formula is C20H32N2O. The minimum absolute atomic E-state index is 0.524. The zero-order valence-electron chi connectivity index (χ0n) is 14.9. The Morgan fingerprint density at radius 2 is 1.35 bits per heavy atom. The molecule has 0 saturated carbocycles. The van der Waals surface area contributed by atoms with E-state index in [1.165, 1.54) is 81.4 Å². The van der Waals surface area contributed by atoms with Gasteiger partial charge in [0.05, 0.1) is 0 Å². The number of hydrogen-bond acceptors (Lipinski definition) is 3. The van der Waals surface area contributed by atoms with Gasteiger partial charge in [-0.05, 0) is 82.4 Å². The summed E-state index contributed by atoms with van der Waals surface area (Å²) in [6.07, 6.45) is 7.99. The number of benzene rings is 1. The number of phenols is 1. The Balaban J connectivity index is 1.79. The third-order valence-corrected chi connectivity index (χ3v) is 5.66. The molecule has 2 fully saturated rings. The zero-order valence-corrected chi connectivity index (χ0v) is 14.9. The van der Waals surface area contributed by atoms with Gasteiger partial charge in [0.1, 0.15) is 5.75 Å². The summed E-state index contributed by atoms with van der Waals surface area (Å²) in [5, 5.41) is 10.6. The van der Waals surface area contributed by atoms with E-state index in [-0.39, 0.29) is 0 Å². The summed E-state index contributed by atoms with van der Waals surface area (Å²) in [6, 6.07) is 2.21. The van der Waals surface area contributed by atoms with E-state index in [2.05, 4.69) is 22.8 Å². The SMILES string of the molecule is Cc1cc(CN2CCCCC2)c(C)c(CN2CCCCC2)c1O. The van der Waals surface area contributed by atoms with Crippen LogP contribution in [-0.2, 0) is 13.1 Å². The molecule has 0 spiro atoms. The second kappa shape index (κ2) is 7.67. The Hall–Kier alpha value is -1.06. The van der Waals surface area contributed by atoms with Crippen molar-refractivity contribution in [1.29, 1.82) is 0 Å². The van der Waals surface area contributed by atoms with Crippen molar-refractivity contribution in [3.63, 3.8) is 0 Å². The highest BCUT2D eigenvalue weighted by Gasteiger charge is 2.19. The standard InChI is InChI=1S/C20H32N2O/c1-16-13-18(14-21-9-5-3-6-10-21)17(2)19(20(16)23)15-22-11-7-4-8-12-22/h13,23H,3-12,14-15H2,1-2H3. The zero-order chi connectivity index (χ0) is 16.2. The van der Waals surface area contributed by atoms with Crippen LogP contribution in [0.3, 0.4) is 0 Å². The molecule has 2 aliphatic rings. The number of hydrogen-bond donors (Lipinski definition) is 1. The van der Waals surface area contributed by atoms with Gasteiger partial charge >= 0.3 is 0 Å². The van der Waals surface area contributed by atoms with Gasteiger partial charge in [-0.2, -0.15) is 0 Å². The van der Waals surface area contributed by atoms with E-state index in [1.807, 2.05) is 6.92 Å². The first-order chi connectivity index (χ1) is 11.1. The number of rotatable bonds is 4. The predicted molar refractivity (Wildman–Crippen MR) is 95.8 cm³/mol. The Morgan fingerprint density at radius 1 is 0.826 bits per heavy atom. The van der Waals surface area contributed by atoms with E-state index in [0.29, 0.717) is 5.75 Å². The van der Waals surface area contributed by atoms with Crippen molar-refractivity contribution in [2.75, 3.05) is 26.2 Å². The van der Waals surface area contributed by atoms with Gasteiger partial charge in [0.25, 0.3) is 0 Å². The summed E-state index contributed by atoms with van der Waals surface area (Å²) >= 11 is 0. The molecule has 0 radical (unpaired) electrons. The molecule has 23 heavy (non-hydrogen) atoms. The van der Waals surface area contributed by atoms with Crippen LogP contribution in [0.15, 0.2) is 6.07 Å². The van der Waals surface area contributed by atoms with Crippen molar-refractivity contribution in [3.05, 3.63) is 28.3 Å². The molecule has 1 aromatic carbocycles. The van der Waals surface area contributed by atoms with Crippen molar-refractivity contribution in [3.8, 4) is 5.75 Å². The van der Waals surface area contributed by atoms with E-state index in [9.17, 15) is 5.11 Å². The smallest absolute Gasteiger partial charge is 0.123 e. The molecule has 2 saturated heterocycles. The van der Waals surface area contributed by atoms with Crippen LogP contribution in [0.25, 0.3) is 0 Å². The topological polar surface area (TPSA) is 26.7 Å². The van der Waals surface area contributed by atoms with Gasteiger partial charge in [0.2, 0.25) is 0 Å². The van der Waals surface area contributed by atoms with Crippen LogP contribution in [0.4, 0.5) is 0 Å². The Bertz CT molecular complexity index is 529. The number of phenolic OH excluding ortho intramolecular Hbond substituents is 1. The van der Waals surface area contributed by atoms with Crippen molar-refractivity contribution >= 4 is 0 Å². The van der Waals surface area contributed by atoms with Crippen LogP contribution < -0.4 is 0 Å². The lowest BCUT2D eigenvalue weighted by Gasteiger charge is -2.30. The van der Waals surface area contributed by atoms with Gasteiger partial charge in [0.15, 0.2) is 0 Å². The summed E-state index contributed by atoms with van der Waals surface area (Å²) in [6.45, 7) is 11.0. The fraction of sp³-hybridized carbons (Fsp3) is 0.700. The van der Waals surface area contributed by atoms with E-state index in [0.717, 1.165) is 18.7 Å². The van der Waals surface area contributed by atoms with E-state index in [1.54, 1.807) is 0 Å². The Labute approximate surface area is 141 Å². The second-order valence-corrected chi connectivity index (χ2v) is 7.48. The van der Waals surface area contributed by atoms with Crippen LogP contribution in [0.5, 0.6) is 5.75 Å². The van der Waals surface area contributed by atoms with Crippen molar-refractivity contribution in [2.45, 2.75) is 65.5 Å². The summed E-state index contributed by atoms with van der Waals surface area (Å²) in [5.41, 5.74) is 4.92. The van der Waals surface area contributed by atoms with Crippen LogP contribution in [0.2, 0.25) is 0 Å². The first kappa shape index (κ1) is 16.8. The monoisotopic (exact) mass is 316 g/mol. The van der Waals surface area contributed by atoms with Crippen LogP contribution in [0, 0.1) is 13.8 Å². The average molecular weight is 316 g/mol. The highest BCUT2D eigenvalue weighted by Crippen LogP contribution is 2.31. The van der Waals surface area contributed by atoms with Crippen LogP contribution in [0.1, 0.15) is 60.8 Å². The summed E-state index contributed by atoms with van der Waals surface area (Å²) in [4.78, 5) is 5.09. The quantitative estimate of drug-likeness (QED) is 0.910. The number of aryl methyl sites for hydroxylation is 1. The molecule has 2 aliphatic heterocycles. The highest BCUT2D eigenvalue weighted by atomic mass is 16.3. The summed E-state index contributed by atoms with van der Waals surface area (Å²) in [5.74, 6) is 0.524. The normalized spacial score (nSPS) is 20.8. The molecule has 0 bridgehead atoms. The predicted octanol–water partition coefficient (Wildman–Crippen LogP) is 3.98. The maximum Gasteiger partial charge on any atom is 0.123 e. The van der Waals surface area contributed by atoms with Gasteiger partial charge < -0.3 is 5.11 Å². The van der Waals surface area contributed by atoms with Gasteiger partial charge in [-0.25, -0.2) is 0 Å². The molecule has 3 rings (SSSR count). The molecule has 1 aromatic rings. The lowest BCUT2D eigenvalue weighted by Crippen LogP contribution is -2.31. The average Bonchev–Trinajstić information content (AvgIpc) is 2.58. The molecule has 0 aromatic heterocycles. The molecule has 3 nitrogen and oxygen atoms in total. The van der Waals surface area contributed by atoms with Gasteiger partial charge in [-0.3, -0.25) is 9.80 Å². The number of likely N-dealkylation sites (tertiary alicyclic amines) is 2. The maximum atomic E-state index is 10.6. The third kappa shape index (κ3) is 4.07. The van der Waals surface area contributed by atoms with Gasteiger partial charge in [0, 0.05) is 18.7 Å². The van der Waals surface area contributed by atoms with Crippen LogP contribution in [-0.4, -0.2) is 41.1 Å². The Morgan fingerprint density at radius 3 is 1.91 bits per heavy atom. The third-order valence-electron chi connectivity index (χ3n) is 5.66. The fourth-order valence-corrected chi connectivity index (χ4v) is 4.10. The van der Waals surface area contributed by atoms with Gasteiger partial charge in [-0.15, -0.1) is 0 Å². The highest BCUT2D eigenvalue weighted by molar-refractivity contribution is 5.49. The molecule has 0 atom stereocenters. The molecule has 0 amide bonds. The first-order valence-electron chi connectivity index (χ1n) is 9.41. The van der Waals surface area contributed by atoms with E-state index in [4.69, 9.17) is 0 Å². The second-order valence-electron chi connectivity index (χ2n) is 7.48. The summed E-state index contributed by atoms with van der Waals surface area (Å²) in [7, 11) is 0.